The number of hydrogen-bond donors (Lipinski definition) is 1. The van der Waals surface area contributed by atoms with Crippen molar-refractivity contribution in [2.45, 2.75) is 19.8 Å². The van der Waals surface area contributed by atoms with Crippen LogP contribution in [0, 0.1) is 0 Å². The van der Waals surface area contributed by atoms with Gasteiger partial charge in [0.25, 0.3) is 5.91 Å². The maximum Gasteiger partial charge on any atom is 0.270 e. The number of aromatic nitrogens is 1. The van der Waals surface area contributed by atoms with Crippen molar-refractivity contribution in [1.29, 1.82) is 0 Å². The number of nitrogens with one attached hydrogen (secondary N) is 1. The van der Waals surface area contributed by atoms with Crippen LogP contribution in [0.1, 0.15) is 30.3 Å². The van der Waals surface area contributed by atoms with Crippen LogP contribution in [0.4, 0.5) is 0 Å². The van der Waals surface area contributed by atoms with E-state index >= 15 is 0 Å². The van der Waals surface area contributed by atoms with Crippen LogP contribution < -0.4 is 10.1 Å². The van der Waals surface area contributed by atoms with Crippen molar-refractivity contribution in [2.75, 3.05) is 39.8 Å². The van der Waals surface area contributed by atoms with E-state index in [0.29, 0.717) is 43.9 Å². The SMILES string of the molecule is CCCC(=O)N1CCN(C(=O)CNC(=O)c2cc(OC)c3ccccc3n2)CC1. The van der Waals surface area contributed by atoms with Crippen LogP contribution >= 0.6 is 0 Å². The molecule has 1 fully saturated rings. The molecule has 3 amide bonds. The average molecular weight is 398 g/mol. The number of fused-ring (bicyclic) bond motifs is 1. The molecule has 8 nitrogen and oxygen atoms in total. The second-order valence-electron chi connectivity index (χ2n) is 6.92. The van der Waals surface area contributed by atoms with Crippen molar-refractivity contribution in [1.82, 2.24) is 20.1 Å². The van der Waals surface area contributed by atoms with E-state index < -0.39 is 5.91 Å². The molecule has 0 radical (unpaired) electrons. The largest absolute Gasteiger partial charge is 0.496 e. The first kappa shape index (κ1) is 20.6. The summed E-state index contributed by atoms with van der Waals surface area (Å²) in [5.41, 5.74) is 0.847. The number of hydrogen-bond acceptors (Lipinski definition) is 5. The number of nitrogens with zero attached hydrogens (tertiary/aromatic N) is 3. The summed E-state index contributed by atoms with van der Waals surface area (Å²) in [5, 5.41) is 3.46. The molecule has 154 valence electrons. The molecule has 3 rings (SSSR count). The predicted molar refractivity (Wildman–Crippen MR) is 109 cm³/mol. The van der Waals surface area contributed by atoms with Crippen molar-refractivity contribution >= 4 is 28.6 Å². The zero-order valence-electron chi connectivity index (χ0n) is 16.8. The monoisotopic (exact) mass is 398 g/mol. The molecule has 1 saturated heterocycles. The molecule has 1 aromatic heterocycles. The quantitative estimate of drug-likeness (QED) is 0.795. The van der Waals surface area contributed by atoms with Gasteiger partial charge in [0.15, 0.2) is 0 Å². The standard InChI is InChI=1S/C21H26N4O4/c1-3-6-19(26)24-9-11-25(12-10-24)20(27)14-22-21(28)17-13-18(29-2)15-7-4-5-8-16(15)23-17/h4-5,7-8,13H,3,6,9-12,14H2,1-2H3,(H,22,28). The maximum absolute atomic E-state index is 12.5. The number of ether oxygens (including phenoxy) is 1. The lowest BCUT2D eigenvalue weighted by Gasteiger charge is -2.34. The van der Waals surface area contributed by atoms with Gasteiger partial charge in [-0.15, -0.1) is 0 Å². The van der Waals surface area contributed by atoms with Crippen LogP contribution in [0.25, 0.3) is 10.9 Å². The first-order valence-electron chi connectivity index (χ1n) is 9.81. The van der Waals surface area contributed by atoms with Gasteiger partial charge in [-0.25, -0.2) is 4.98 Å². The Labute approximate surface area is 169 Å². The second-order valence-corrected chi connectivity index (χ2v) is 6.92. The van der Waals surface area contributed by atoms with Gasteiger partial charge in [0, 0.05) is 44.1 Å². The fourth-order valence-corrected chi connectivity index (χ4v) is 3.36. The van der Waals surface area contributed by atoms with Gasteiger partial charge in [-0.3, -0.25) is 14.4 Å². The van der Waals surface area contributed by atoms with E-state index in [9.17, 15) is 14.4 Å². The van der Waals surface area contributed by atoms with Gasteiger partial charge < -0.3 is 19.9 Å². The average Bonchev–Trinajstić information content (AvgIpc) is 2.76. The number of amides is 3. The van der Waals surface area contributed by atoms with Gasteiger partial charge in [0.1, 0.15) is 11.4 Å². The lowest BCUT2D eigenvalue weighted by Crippen LogP contribution is -2.52. The van der Waals surface area contributed by atoms with Gasteiger partial charge in [-0.2, -0.15) is 0 Å². The zero-order valence-corrected chi connectivity index (χ0v) is 16.8. The van der Waals surface area contributed by atoms with Crippen LogP contribution in [0.2, 0.25) is 0 Å². The molecule has 1 aliphatic heterocycles. The summed E-state index contributed by atoms with van der Waals surface area (Å²) < 4.78 is 5.36. The maximum atomic E-state index is 12.5. The minimum absolute atomic E-state index is 0.113. The fourth-order valence-electron chi connectivity index (χ4n) is 3.36. The highest BCUT2D eigenvalue weighted by Gasteiger charge is 2.24. The number of para-hydroxylation sites is 1. The molecule has 1 N–H and O–H groups in total. The van der Waals surface area contributed by atoms with Gasteiger partial charge in [-0.05, 0) is 18.6 Å². The lowest BCUT2D eigenvalue weighted by atomic mass is 10.1. The Morgan fingerprint density at radius 2 is 1.72 bits per heavy atom. The minimum Gasteiger partial charge on any atom is -0.496 e. The molecule has 1 aromatic carbocycles. The van der Waals surface area contributed by atoms with Crippen molar-refractivity contribution < 1.29 is 19.1 Å². The molecule has 0 saturated carbocycles. The highest BCUT2D eigenvalue weighted by atomic mass is 16.5. The van der Waals surface area contributed by atoms with Gasteiger partial charge in [-0.1, -0.05) is 19.1 Å². The van der Waals surface area contributed by atoms with Crippen LogP contribution in [0.15, 0.2) is 30.3 Å². The van der Waals surface area contributed by atoms with Gasteiger partial charge in [0.05, 0.1) is 19.2 Å². The van der Waals surface area contributed by atoms with Crippen molar-refractivity contribution in [3.8, 4) is 5.75 Å². The highest BCUT2D eigenvalue weighted by Crippen LogP contribution is 2.24. The molecular weight excluding hydrogens is 372 g/mol. The second kappa shape index (κ2) is 9.36. The highest BCUT2D eigenvalue weighted by molar-refractivity contribution is 5.98. The first-order valence-corrected chi connectivity index (χ1v) is 9.81. The number of methoxy groups -OCH3 is 1. The summed E-state index contributed by atoms with van der Waals surface area (Å²) in [7, 11) is 1.54. The summed E-state index contributed by atoms with van der Waals surface area (Å²) in [6.45, 7) is 3.88. The minimum atomic E-state index is -0.431. The molecular formula is C21H26N4O4. The van der Waals surface area contributed by atoms with E-state index in [4.69, 9.17) is 4.74 Å². The van der Waals surface area contributed by atoms with E-state index in [1.54, 1.807) is 21.9 Å². The van der Waals surface area contributed by atoms with Gasteiger partial charge >= 0.3 is 0 Å². The molecule has 8 heteroatoms. The third-order valence-corrected chi connectivity index (χ3v) is 4.98. The summed E-state index contributed by atoms with van der Waals surface area (Å²) in [6.07, 6.45) is 1.35. The Morgan fingerprint density at radius 3 is 2.38 bits per heavy atom. The lowest BCUT2D eigenvalue weighted by molar-refractivity contribution is -0.139. The first-order chi connectivity index (χ1) is 14.0. The van der Waals surface area contributed by atoms with Crippen LogP contribution in [0.3, 0.4) is 0 Å². The van der Waals surface area contributed by atoms with E-state index in [-0.39, 0.29) is 24.1 Å². The third-order valence-electron chi connectivity index (χ3n) is 4.98. The fraction of sp³-hybridized carbons (Fsp3) is 0.429. The van der Waals surface area contributed by atoms with Crippen molar-refractivity contribution in [2.24, 2.45) is 0 Å². The molecule has 1 aliphatic rings. The van der Waals surface area contributed by atoms with E-state index in [1.165, 1.54) is 7.11 Å². The normalized spacial score (nSPS) is 14.0. The number of carbonyl (C=O) groups excluding carboxylic acids is 3. The Bertz CT molecular complexity index is 907. The van der Waals surface area contributed by atoms with E-state index in [0.717, 1.165) is 11.8 Å². The smallest absolute Gasteiger partial charge is 0.270 e. The molecule has 2 heterocycles. The molecule has 0 atom stereocenters. The Balaban J connectivity index is 1.56. The summed E-state index contributed by atoms with van der Waals surface area (Å²) in [5.74, 6) is 0.0806. The summed E-state index contributed by atoms with van der Waals surface area (Å²) in [4.78, 5) is 44.7. The van der Waals surface area contributed by atoms with E-state index in [2.05, 4.69) is 10.3 Å². The van der Waals surface area contributed by atoms with Crippen LogP contribution in [0.5, 0.6) is 5.75 Å². The Kier molecular flexibility index (Phi) is 6.64. The molecule has 0 bridgehead atoms. The summed E-state index contributed by atoms with van der Waals surface area (Å²) >= 11 is 0. The number of benzene rings is 1. The summed E-state index contributed by atoms with van der Waals surface area (Å²) in [6, 6.07) is 8.96. The molecule has 0 unspecified atom stereocenters. The Morgan fingerprint density at radius 1 is 1.07 bits per heavy atom. The molecule has 29 heavy (non-hydrogen) atoms. The van der Waals surface area contributed by atoms with Crippen molar-refractivity contribution in [3.63, 3.8) is 0 Å². The molecule has 0 spiro atoms. The van der Waals surface area contributed by atoms with Gasteiger partial charge in [0.2, 0.25) is 11.8 Å². The number of carbonyl (C=O) groups is 3. The predicted octanol–water partition coefficient (Wildman–Crippen LogP) is 1.44. The third kappa shape index (κ3) is 4.82. The number of rotatable bonds is 6. The van der Waals surface area contributed by atoms with Crippen LogP contribution in [-0.2, 0) is 9.59 Å². The topological polar surface area (TPSA) is 91.8 Å². The van der Waals surface area contributed by atoms with Crippen molar-refractivity contribution in [3.05, 3.63) is 36.0 Å². The number of pyridine rings is 1. The Hall–Kier alpha value is -3.16. The van der Waals surface area contributed by atoms with E-state index in [1.807, 2.05) is 25.1 Å². The van der Waals surface area contributed by atoms with Crippen LogP contribution in [-0.4, -0.2) is 72.3 Å². The zero-order chi connectivity index (χ0) is 20.8. The molecule has 0 aliphatic carbocycles. The number of piperazine rings is 1. The molecule has 2 aromatic rings.